The lowest BCUT2D eigenvalue weighted by Crippen LogP contribution is -2.27. The summed E-state index contributed by atoms with van der Waals surface area (Å²) in [6, 6.07) is 0. The zero-order valence-corrected chi connectivity index (χ0v) is 15.0. The van der Waals surface area contributed by atoms with Crippen molar-refractivity contribution in [2.75, 3.05) is 0 Å². The van der Waals surface area contributed by atoms with Crippen molar-refractivity contribution in [3.8, 4) is 0 Å². The van der Waals surface area contributed by atoms with Gasteiger partial charge >= 0.3 is 0 Å². The fourth-order valence-electron chi connectivity index (χ4n) is 3.20. The largest absolute Gasteiger partial charge is 0.300 e. The van der Waals surface area contributed by atoms with E-state index in [1.807, 2.05) is 0 Å². The Bertz CT molecular complexity index is 309. The minimum atomic E-state index is -0.141. The third-order valence-electron chi connectivity index (χ3n) is 4.48. The molecule has 0 N–H and O–H groups in total. The van der Waals surface area contributed by atoms with Gasteiger partial charge in [-0.05, 0) is 31.6 Å². The third-order valence-corrected chi connectivity index (χ3v) is 4.48. The first-order valence-electron chi connectivity index (χ1n) is 8.94. The Morgan fingerprint density at radius 2 is 1.57 bits per heavy atom. The predicted octanol–water partition coefficient (Wildman–Crippen LogP) is 5.73. The molecule has 0 aromatic rings. The smallest absolute Gasteiger partial charge is 0.138 e. The van der Waals surface area contributed by atoms with Crippen LogP contribution in [0.5, 0.6) is 0 Å². The molecule has 2 atom stereocenters. The molecule has 0 amide bonds. The van der Waals surface area contributed by atoms with Crippen LogP contribution in [0.4, 0.5) is 0 Å². The summed E-state index contributed by atoms with van der Waals surface area (Å²) < 4.78 is 0. The first kappa shape index (κ1) is 20.3. The second-order valence-corrected chi connectivity index (χ2v) is 6.97. The van der Waals surface area contributed by atoms with E-state index in [0.29, 0.717) is 36.7 Å². The minimum Gasteiger partial charge on any atom is -0.300 e. The molecule has 2 heteroatoms. The molecule has 0 saturated carbocycles. The van der Waals surface area contributed by atoms with Crippen molar-refractivity contribution in [2.24, 2.45) is 11.3 Å². The average molecular weight is 296 g/mol. The minimum absolute atomic E-state index is 0.141. The van der Waals surface area contributed by atoms with E-state index in [0.717, 1.165) is 44.9 Å². The lowest BCUT2D eigenvalue weighted by Gasteiger charge is -2.28. The summed E-state index contributed by atoms with van der Waals surface area (Å²) in [7, 11) is 0. The van der Waals surface area contributed by atoms with E-state index in [9.17, 15) is 9.59 Å². The van der Waals surface area contributed by atoms with Crippen molar-refractivity contribution < 1.29 is 9.59 Å². The van der Waals surface area contributed by atoms with Crippen molar-refractivity contribution in [1.29, 1.82) is 0 Å². The number of hydrogen-bond donors (Lipinski definition) is 0. The molecule has 0 aromatic carbocycles. The summed E-state index contributed by atoms with van der Waals surface area (Å²) in [5.41, 5.74) is -0.141. The monoisotopic (exact) mass is 296 g/mol. The van der Waals surface area contributed by atoms with Crippen LogP contribution in [0.1, 0.15) is 98.8 Å². The number of ketones is 2. The highest BCUT2D eigenvalue weighted by atomic mass is 16.1. The van der Waals surface area contributed by atoms with E-state index in [-0.39, 0.29) is 5.41 Å². The molecule has 0 aliphatic heterocycles. The lowest BCUT2D eigenvalue weighted by atomic mass is 9.75. The first-order valence-corrected chi connectivity index (χ1v) is 8.94. The van der Waals surface area contributed by atoms with Crippen LogP contribution in [-0.4, -0.2) is 11.6 Å². The van der Waals surface area contributed by atoms with E-state index in [1.165, 1.54) is 0 Å². The maximum atomic E-state index is 12.3. The van der Waals surface area contributed by atoms with Crippen LogP contribution < -0.4 is 0 Å². The second-order valence-electron chi connectivity index (χ2n) is 6.97. The molecule has 124 valence electrons. The Morgan fingerprint density at radius 1 is 0.952 bits per heavy atom. The second kappa shape index (κ2) is 11.0. The van der Waals surface area contributed by atoms with E-state index in [2.05, 4.69) is 34.6 Å². The molecule has 21 heavy (non-hydrogen) atoms. The van der Waals surface area contributed by atoms with E-state index < -0.39 is 0 Å². The van der Waals surface area contributed by atoms with Crippen molar-refractivity contribution in [3.63, 3.8) is 0 Å². The molecular formula is C19H36O2. The highest BCUT2D eigenvalue weighted by Gasteiger charge is 2.30. The van der Waals surface area contributed by atoms with E-state index in [1.54, 1.807) is 0 Å². The molecule has 0 bridgehead atoms. The normalized spacial score (nSPS) is 15.5. The van der Waals surface area contributed by atoms with Crippen LogP contribution in [0, 0.1) is 11.3 Å². The fraction of sp³-hybridized carbons (Fsp3) is 0.895. The van der Waals surface area contributed by atoms with Gasteiger partial charge in [0.25, 0.3) is 0 Å². The number of rotatable bonds is 13. The summed E-state index contributed by atoms with van der Waals surface area (Å²) in [5, 5.41) is 0. The molecule has 0 aromatic heterocycles. The zero-order valence-electron chi connectivity index (χ0n) is 15.0. The topological polar surface area (TPSA) is 34.1 Å². The highest BCUT2D eigenvalue weighted by Crippen LogP contribution is 2.33. The van der Waals surface area contributed by atoms with Crippen LogP contribution in [0.3, 0.4) is 0 Å². The average Bonchev–Trinajstić information content (AvgIpc) is 2.39. The molecule has 0 rings (SSSR count). The van der Waals surface area contributed by atoms with Crippen LogP contribution in [0.2, 0.25) is 0 Å². The highest BCUT2D eigenvalue weighted by molar-refractivity contribution is 5.84. The van der Waals surface area contributed by atoms with Gasteiger partial charge in [0.1, 0.15) is 11.6 Å². The zero-order chi connectivity index (χ0) is 16.3. The molecule has 2 unspecified atom stereocenters. The molecular weight excluding hydrogens is 260 g/mol. The van der Waals surface area contributed by atoms with Crippen LogP contribution in [0.15, 0.2) is 0 Å². The fourth-order valence-corrected chi connectivity index (χ4v) is 3.20. The van der Waals surface area contributed by atoms with Crippen LogP contribution in [0.25, 0.3) is 0 Å². The first-order chi connectivity index (χ1) is 9.89. The van der Waals surface area contributed by atoms with Gasteiger partial charge in [0.2, 0.25) is 0 Å². The Hall–Kier alpha value is -0.660. The maximum absolute atomic E-state index is 12.3. The summed E-state index contributed by atoms with van der Waals surface area (Å²) in [5.74, 6) is 1.28. The Balaban J connectivity index is 4.25. The van der Waals surface area contributed by atoms with Gasteiger partial charge in [-0.15, -0.1) is 0 Å². The predicted molar refractivity (Wildman–Crippen MR) is 90.5 cm³/mol. The molecule has 0 saturated heterocycles. The van der Waals surface area contributed by atoms with Crippen molar-refractivity contribution in [1.82, 2.24) is 0 Å². The summed E-state index contributed by atoms with van der Waals surface area (Å²) in [4.78, 5) is 24.0. The van der Waals surface area contributed by atoms with Gasteiger partial charge in [-0.25, -0.2) is 0 Å². The van der Waals surface area contributed by atoms with Gasteiger partial charge in [0, 0.05) is 24.7 Å². The van der Waals surface area contributed by atoms with Crippen molar-refractivity contribution in [2.45, 2.75) is 98.8 Å². The number of Topliss-reactive ketones (excluding diaryl/α,β-unsaturated/α-hetero) is 2. The molecule has 0 aliphatic carbocycles. The maximum Gasteiger partial charge on any atom is 0.138 e. The van der Waals surface area contributed by atoms with Gasteiger partial charge in [0.15, 0.2) is 0 Å². The van der Waals surface area contributed by atoms with Crippen LogP contribution in [-0.2, 0) is 9.59 Å². The van der Waals surface area contributed by atoms with Crippen molar-refractivity contribution in [3.05, 3.63) is 0 Å². The molecule has 0 radical (unpaired) electrons. The molecule has 2 nitrogen and oxygen atoms in total. The lowest BCUT2D eigenvalue weighted by molar-refractivity contribution is -0.129. The Labute approximate surface area is 132 Å². The summed E-state index contributed by atoms with van der Waals surface area (Å²) >= 11 is 0. The van der Waals surface area contributed by atoms with Crippen LogP contribution >= 0.6 is 0 Å². The van der Waals surface area contributed by atoms with Gasteiger partial charge < -0.3 is 0 Å². The Kier molecular flexibility index (Phi) is 10.6. The van der Waals surface area contributed by atoms with Gasteiger partial charge in [-0.1, -0.05) is 53.9 Å². The van der Waals surface area contributed by atoms with Gasteiger partial charge in [0.05, 0.1) is 0 Å². The quantitative estimate of drug-likeness (QED) is 0.435. The van der Waals surface area contributed by atoms with E-state index >= 15 is 0 Å². The standard InChI is InChI=1S/C19H36O2/c1-6-10-17(20)15-16(4)12-9-14-19(5,13-8-3)18(21)11-7-2/h16H,6-15H2,1-5H3. The number of carbonyl (C=O) groups excluding carboxylic acids is 2. The van der Waals surface area contributed by atoms with Gasteiger partial charge in [-0.3, -0.25) is 9.59 Å². The molecule has 0 spiro atoms. The molecule has 0 heterocycles. The van der Waals surface area contributed by atoms with Gasteiger partial charge in [-0.2, -0.15) is 0 Å². The van der Waals surface area contributed by atoms with Crippen molar-refractivity contribution >= 4 is 11.6 Å². The summed E-state index contributed by atoms with van der Waals surface area (Å²) in [6.07, 6.45) is 9.19. The van der Waals surface area contributed by atoms with E-state index in [4.69, 9.17) is 0 Å². The summed E-state index contributed by atoms with van der Waals surface area (Å²) in [6.45, 7) is 10.6. The molecule has 0 aliphatic rings. The number of carbonyl (C=O) groups is 2. The Morgan fingerprint density at radius 3 is 2.10 bits per heavy atom. The number of hydrogen-bond acceptors (Lipinski definition) is 2. The molecule has 0 fully saturated rings. The SMILES string of the molecule is CCCC(=O)CC(C)CCCC(C)(CCC)C(=O)CCC. The third kappa shape index (κ3) is 8.38.